The van der Waals surface area contributed by atoms with E-state index < -0.39 is 0 Å². The monoisotopic (exact) mass is 243 g/mol. The summed E-state index contributed by atoms with van der Waals surface area (Å²) in [6.45, 7) is 6.06. The molecule has 0 bridgehead atoms. The Balaban J connectivity index is 1.84. The van der Waals surface area contributed by atoms with Crippen LogP contribution in [0.5, 0.6) is 0 Å². The molecule has 1 heteroatoms. The third-order valence-electron chi connectivity index (χ3n) is 4.16. The van der Waals surface area contributed by atoms with Crippen LogP contribution in [0, 0.1) is 5.41 Å². The molecule has 0 heterocycles. The topological polar surface area (TPSA) is 12.0 Å². The highest BCUT2D eigenvalue weighted by Gasteiger charge is 2.30. The third kappa shape index (κ3) is 3.71. The standard InChI is InChI=1S/C17H25N/c1-2-11-17(12-7-4-8-13-17)15-18-14-16-9-5-3-6-10-16/h2-3,5-6,9-10,18H,1,4,7-8,11-15H2. The SMILES string of the molecule is C=CCC1(CNCc2ccccc2)CCCCC1. The van der Waals surface area contributed by atoms with Gasteiger partial charge in [0, 0.05) is 13.1 Å². The lowest BCUT2D eigenvalue weighted by Gasteiger charge is -2.37. The molecule has 1 aromatic rings. The highest BCUT2D eigenvalue weighted by atomic mass is 14.9. The van der Waals surface area contributed by atoms with Gasteiger partial charge in [0.2, 0.25) is 0 Å². The largest absolute Gasteiger partial charge is 0.312 e. The smallest absolute Gasteiger partial charge is 0.0205 e. The molecule has 0 aliphatic heterocycles. The average molecular weight is 243 g/mol. The van der Waals surface area contributed by atoms with Crippen molar-refractivity contribution in [2.75, 3.05) is 6.54 Å². The van der Waals surface area contributed by atoms with Crippen molar-refractivity contribution in [3.8, 4) is 0 Å². The first-order valence-corrected chi connectivity index (χ1v) is 7.20. The van der Waals surface area contributed by atoms with Crippen molar-refractivity contribution in [2.45, 2.75) is 45.1 Å². The quantitative estimate of drug-likeness (QED) is 0.734. The fourth-order valence-electron chi connectivity index (χ4n) is 3.13. The first-order valence-electron chi connectivity index (χ1n) is 7.20. The molecule has 1 fully saturated rings. The van der Waals surface area contributed by atoms with E-state index in [1.54, 1.807) is 0 Å². The number of rotatable bonds is 6. The lowest BCUT2D eigenvalue weighted by Crippen LogP contribution is -2.35. The van der Waals surface area contributed by atoms with Gasteiger partial charge in [-0.25, -0.2) is 0 Å². The maximum atomic E-state index is 3.94. The molecule has 0 spiro atoms. The maximum Gasteiger partial charge on any atom is 0.0205 e. The molecular weight excluding hydrogens is 218 g/mol. The van der Waals surface area contributed by atoms with Crippen LogP contribution >= 0.6 is 0 Å². The Morgan fingerprint density at radius 1 is 1.11 bits per heavy atom. The first-order chi connectivity index (χ1) is 8.85. The average Bonchev–Trinajstić information content (AvgIpc) is 2.41. The van der Waals surface area contributed by atoms with Gasteiger partial charge < -0.3 is 5.32 Å². The summed E-state index contributed by atoms with van der Waals surface area (Å²) in [5, 5.41) is 3.65. The minimum Gasteiger partial charge on any atom is -0.312 e. The van der Waals surface area contributed by atoms with E-state index in [2.05, 4.69) is 48.3 Å². The highest BCUT2D eigenvalue weighted by Crippen LogP contribution is 2.39. The molecule has 0 saturated heterocycles. The van der Waals surface area contributed by atoms with E-state index in [0.29, 0.717) is 5.41 Å². The predicted molar refractivity (Wildman–Crippen MR) is 78.5 cm³/mol. The van der Waals surface area contributed by atoms with Crippen LogP contribution < -0.4 is 5.32 Å². The molecule has 1 aromatic carbocycles. The van der Waals surface area contributed by atoms with Crippen LogP contribution in [-0.2, 0) is 6.54 Å². The van der Waals surface area contributed by atoms with E-state index >= 15 is 0 Å². The van der Waals surface area contributed by atoms with Crippen LogP contribution in [0.1, 0.15) is 44.1 Å². The van der Waals surface area contributed by atoms with Crippen LogP contribution in [0.15, 0.2) is 43.0 Å². The molecule has 98 valence electrons. The lowest BCUT2D eigenvalue weighted by molar-refractivity contribution is 0.184. The molecule has 0 radical (unpaired) electrons. The Bertz CT molecular complexity index is 349. The summed E-state index contributed by atoms with van der Waals surface area (Å²) in [4.78, 5) is 0. The number of hydrogen-bond donors (Lipinski definition) is 1. The number of allylic oxidation sites excluding steroid dienone is 1. The molecule has 0 aromatic heterocycles. The summed E-state index contributed by atoms with van der Waals surface area (Å²) in [7, 11) is 0. The van der Waals surface area contributed by atoms with Gasteiger partial charge >= 0.3 is 0 Å². The molecule has 1 saturated carbocycles. The Hall–Kier alpha value is -1.08. The van der Waals surface area contributed by atoms with Gasteiger partial charge in [0.1, 0.15) is 0 Å². The van der Waals surface area contributed by atoms with Crippen molar-refractivity contribution in [3.63, 3.8) is 0 Å². The Labute approximate surface area is 111 Å². The molecule has 0 amide bonds. The van der Waals surface area contributed by atoms with E-state index in [9.17, 15) is 0 Å². The zero-order valence-corrected chi connectivity index (χ0v) is 11.3. The minimum atomic E-state index is 0.481. The molecule has 1 nitrogen and oxygen atoms in total. The van der Waals surface area contributed by atoms with Gasteiger partial charge in [-0.2, -0.15) is 0 Å². The summed E-state index contributed by atoms with van der Waals surface area (Å²) < 4.78 is 0. The zero-order chi connectivity index (χ0) is 12.7. The van der Waals surface area contributed by atoms with Crippen molar-refractivity contribution in [1.29, 1.82) is 0 Å². The molecule has 0 unspecified atom stereocenters. The van der Waals surface area contributed by atoms with Crippen LogP contribution in [-0.4, -0.2) is 6.54 Å². The van der Waals surface area contributed by atoms with Gasteiger partial charge in [0.05, 0.1) is 0 Å². The number of benzene rings is 1. The van der Waals surface area contributed by atoms with Gasteiger partial charge in [0.15, 0.2) is 0 Å². The fourth-order valence-corrected chi connectivity index (χ4v) is 3.13. The zero-order valence-electron chi connectivity index (χ0n) is 11.3. The molecular formula is C17H25N. The predicted octanol–water partition coefficient (Wildman–Crippen LogP) is 4.30. The summed E-state index contributed by atoms with van der Waals surface area (Å²) in [5.41, 5.74) is 1.86. The third-order valence-corrected chi connectivity index (χ3v) is 4.16. The van der Waals surface area contributed by atoms with Crippen molar-refractivity contribution < 1.29 is 0 Å². The highest BCUT2D eigenvalue weighted by molar-refractivity contribution is 5.14. The van der Waals surface area contributed by atoms with Gasteiger partial charge in [-0.1, -0.05) is 55.7 Å². The Morgan fingerprint density at radius 2 is 1.83 bits per heavy atom. The molecule has 18 heavy (non-hydrogen) atoms. The molecule has 1 N–H and O–H groups in total. The maximum absolute atomic E-state index is 3.94. The fraction of sp³-hybridized carbons (Fsp3) is 0.529. The van der Waals surface area contributed by atoms with Crippen LogP contribution in [0.3, 0.4) is 0 Å². The van der Waals surface area contributed by atoms with Gasteiger partial charge in [-0.15, -0.1) is 6.58 Å². The number of nitrogens with one attached hydrogen (secondary N) is 1. The summed E-state index contributed by atoms with van der Waals surface area (Å²) in [6, 6.07) is 10.7. The number of hydrogen-bond acceptors (Lipinski definition) is 1. The second-order valence-electron chi connectivity index (χ2n) is 5.64. The summed E-state index contributed by atoms with van der Waals surface area (Å²) in [6.07, 6.45) is 10.2. The van der Waals surface area contributed by atoms with Crippen LogP contribution in [0.25, 0.3) is 0 Å². The van der Waals surface area contributed by atoms with Crippen LogP contribution in [0.4, 0.5) is 0 Å². The second kappa shape index (κ2) is 6.75. The van der Waals surface area contributed by atoms with Gasteiger partial charge in [-0.3, -0.25) is 0 Å². The van der Waals surface area contributed by atoms with E-state index in [-0.39, 0.29) is 0 Å². The molecule has 0 atom stereocenters. The Kier molecular flexibility index (Phi) is 5.00. The molecule has 2 rings (SSSR count). The van der Waals surface area contributed by atoms with Gasteiger partial charge in [0.25, 0.3) is 0 Å². The lowest BCUT2D eigenvalue weighted by atomic mass is 9.72. The molecule has 1 aliphatic carbocycles. The van der Waals surface area contributed by atoms with E-state index in [1.807, 2.05) is 0 Å². The Morgan fingerprint density at radius 3 is 2.50 bits per heavy atom. The second-order valence-corrected chi connectivity index (χ2v) is 5.64. The van der Waals surface area contributed by atoms with Crippen molar-refractivity contribution in [2.24, 2.45) is 5.41 Å². The van der Waals surface area contributed by atoms with E-state index in [0.717, 1.165) is 19.5 Å². The molecule has 1 aliphatic rings. The van der Waals surface area contributed by atoms with E-state index in [1.165, 1.54) is 37.7 Å². The van der Waals surface area contributed by atoms with Gasteiger partial charge in [-0.05, 0) is 30.2 Å². The van der Waals surface area contributed by atoms with E-state index in [4.69, 9.17) is 0 Å². The normalized spacial score (nSPS) is 18.4. The summed E-state index contributed by atoms with van der Waals surface area (Å²) >= 11 is 0. The van der Waals surface area contributed by atoms with Crippen molar-refractivity contribution >= 4 is 0 Å². The van der Waals surface area contributed by atoms with Crippen LogP contribution in [0.2, 0.25) is 0 Å². The van der Waals surface area contributed by atoms with Crippen molar-refractivity contribution in [1.82, 2.24) is 5.32 Å². The summed E-state index contributed by atoms with van der Waals surface area (Å²) in [5.74, 6) is 0. The first kappa shape index (κ1) is 13.4. The van der Waals surface area contributed by atoms with Crippen molar-refractivity contribution in [3.05, 3.63) is 48.6 Å². The minimum absolute atomic E-state index is 0.481.